The first-order valence-corrected chi connectivity index (χ1v) is 12.0. The molecule has 1 aliphatic rings. The van der Waals surface area contributed by atoms with E-state index in [1.54, 1.807) is 21.3 Å². The summed E-state index contributed by atoms with van der Waals surface area (Å²) in [5.41, 5.74) is 1.79. The predicted octanol–water partition coefficient (Wildman–Crippen LogP) is 3.26. The Bertz CT molecular complexity index is 988. The number of carbonyl (C=O) groups excluding carboxylic acids is 2. The first kappa shape index (κ1) is 26.3. The lowest BCUT2D eigenvalue weighted by atomic mass is 10.0. The van der Waals surface area contributed by atoms with E-state index in [0.29, 0.717) is 56.4 Å². The molecule has 0 aliphatic carbocycles. The lowest BCUT2D eigenvalue weighted by Gasteiger charge is -2.37. The van der Waals surface area contributed by atoms with Crippen molar-refractivity contribution in [3.05, 3.63) is 53.6 Å². The molecule has 190 valence electrons. The zero-order valence-electron chi connectivity index (χ0n) is 21.4. The van der Waals surface area contributed by atoms with Crippen LogP contribution in [0, 0.1) is 5.92 Å². The van der Waals surface area contributed by atoms with Gasteiger partial charge in [-0.05, 0) is 17.5 Å². The molecule has 0 radical (unpaired) electrons. The van der Waals surface area contributed by atoms with Crippen LogP contribution < -0.4 is 19.5 Å². The third-order valence-electron chi connectivity index (χ3n) is 6.14. The smallest absolute Gasteiger partial charge is 0.249 e. The standard InChI is InChI=1S/C27H37N3O5/c1-19(2)17-23(31)28-24(20-9-7-6-8-10-20)27(32)30-15-13-29(14-16-30)18-21-11-12-22(33-3)26(35-5)25(21)34-4/h6-12,19,24H,13-18H2,1-5H3,(H,28,31). The number of methoxy groups -OCH3 is 3. The van der Waals surface area contributed by atoms with E-state index in [2.05, 4.69) is 10.2 Å². The summed E-state index contributed by atoms with van der Waals surface area (Å²) in [6.07, 6.45) is 0.386. The lowest BCUT2D eigenvalue weighted by Crippen LogP contribution is -2.51. The van der Waals surface area contributed by atoms with Crippen LogP contribution in [0.5, 0.6) is 17.2 Å². The van der Waals surface area contributed by atoms with Crippen LogP contribution in [0.1, 0.15) is 37.4 Å². The molecule has 35 heavy (non-hydrogen) atoms. The van der Waals surface area contributed by atoms with E-state index < -0.39 is 6.04 Å². The van der Waals surface area contributed by atoms with Gasteiger partial charge in [0.05, 0.1) is 21.3 Å². The van der Waals surface area contributed by atoms with Gasteiger partial charge in [-0.3, -0.25) is 14.5 Å². The molecule has 2 amide bonds. The largest absolute Gasteiger partial charge is 0.493 e. The molecule has 0 aromatic heterocycles. The number of nitrogens with zero attached hydrogens (tertiary/aromatic N) is 2. The Hall–Kier alpha value is -3.26. The number of rotatable bonds is 10. The van der Waals surface area contributed by atoms with Crippen LogP contribution in [0.2, 0.25) is 0 Å². The van der Waals surface area contributed by atoms with Gasteiger partial charge in [0.25, 0.3) is 0 Å². The minimum absolute atomic E-state index is 0.0725. The third-order valence-corrected chi connectivity index (χ3v) is 6.14. The van der Waals surface area contributed by atoms with E-state index in [4.69, 9.17) is 14.2 Å². The normalized spacial score (nSPS) is 15.0. The van der Waals surface area contributed by atoms with Crippen molar-refractivity contribution < 1.29 is 23.8 Å². The molecule has 8 nitrogen and oxygen atoms in total. The van der Waals surface area contributed by atoms with E-state index in [1.165, 1.54) is 0 Å². The highest BCUT2D eigenvalue weighted by atomic mass is 16.5. The summed E-state index contributed by atoms with van der Waals surface area (Å²) < 4.78 is 16.5. The number of ether oxygens (including phenoxy) is 3. The maximum absolute atomic E-state index is 13.5. The molecule has 3 rings (SSSR count). The fourth-order valence-electron chi connectivity index (χ4n) is 4.36. The second-order valence-electron chi connectivity index (χ2n) is 9.10. The van der Waals surface area contributed by atoms with Crippen LogP contribution in [0.25, 0.3) is 0 Å². The Morgan fingerprint density at radius 1 is 0.886 bits per heavy atom. The maximum atomic E-state index is 13.5. The second kappa shape index (κ2) is 12.4. The highest BCUT2D eigenvalue weighted by molar-refractivity contribution is 5.88. The van der Waals surface area contributed by atoms with Gasteiger partial charge in [-0.15, -0.1) is 0 Å². The maximum Gasteiger partial charge on any atom is 0.249 e. The SMILES string of the molecule is COc1ccc(CN2CCN(C(=O)C(NC(=O)CC(C)C)c3ccccc3)CC2)c(OC)c1OC. The van der Waals surface area contributed by atoms with Gasteiger partial charge in [-0.1, -0.05) is 50.2 Å². The number of carbonyl (C=O) groups is 2. The van der Waals surface area contributed by atoms with Crippen molar-refractivity contribution in [3.63, 3.8) is 0 Å². The molecule has 1 heterocycles. The van der Waals surface area contributed by atoms with Gasteiger partial charge >= 0.3 is 0 Å². The number of hydrogen-bond donors (Lipinski definition) is 1. The predicted molar refractivity (Wildman–Crippen MR) is 135 cm³/mol. The molecule has 2 aromatic carbocycles. The average Bonchev–Trinajstić information content (AvgIpc) is 2.87. The Morgan fingerprint density at radius 3 is 2.11 bits per heavy atom. The molecule has 8 heteroatoms. The fraction of sp³-hybridized carbons (Fsp3) is 0.481. The van der Waals surface area contributed by atoms with E-state index in [-0.39, 0.29) is 17.7 Å². The average molecular weight is 484 g/mol. The number of amides is 2. The highest BCUT2D eigenvalue weighted by Crippen LogP contribution is 2.40. The molecule has 1 saturated heterocycles. The number of hydrogen-bond acceptors (Lipinski definition) is 6. The van der Waals surface area contributed by atoms with Gasteiger partial charge in [-0.25, -0.2) is 0 Å². The number of benzene rings is 2. The van der Waals surface area contributed by atoms with E-state index in [0.717, 1.165) is 11.1 Å². The quantitative estimate of drug-likeness (QED) is 0.559. The van der Waals surface area contributed by atoms with Crippen LogP contribution >= 0.6 is 0 Å². The summed E-state index contributed by atoms with van der Waals surface area (Å²) in [6, 6.07) is 12.6. The van der Waals surface area contributed by atoms with Crippen molar-refractivity contribution in [1.82, 2.24) is 15.1 Å². The van der Waals surface area contributed by atoms with Crippen molar-refractivity contribution in [2.75, 3.05) is 47.5 Å². The van der Waals surface area contributed by atoms with Gasteiger partial charge in [0.1, 0.15) is 6.04 Å². The molecule has 1 fully saturated rings. The van der Waals surface area contributed by atoms with Crippen molar-refractivity contribution in [2.24, 2.45) is 5.92 Å². The van der Waals surface area contributed by atoms with Crippen molar-refractivity contribution >= 4 is 11.8 Å². The molecule has 0 bridgehead atoms. The van der Waals surface area contributed by atoms with Crippen LogP contribution in [0.15, 0.2) is 42.5 Å². The second-order valence-corrected chi connectivity index (χ2v) is 9.10. The van der Waals surface area contributed by atoms with Gasteiger partial charge in [-0.2, -0.15) is 0 Å². The van der Waals surface area contributed by atoms with Gasteiger partial charge in [0.2, 0.25) is 17.6 Å². The van der Waals surface area contributed by atoms with Gasteiger partial charge in [0, 0.05) is 44.7 Å². The summed E-state index contributed by atoms with van der Waals surface area (Å²) in [5.74, 6) is 1.89. The fourth-order valence-corrected chi connectivity index (χ4v) is 4.36. The first-order valence-electron chi connectivity index (χ1n) is 12.0. The van der Waals surface area contributed by atoms with Crippen LogP contribution in [0.3, 0.4) is 0 Å². The molecule has 1 unspecified atom stereocenters. The zero-order valence-corrected chi connectivity index (χ0v) is 21.4. The van der Waals surface area contributed by atoms with Gasteiger partial charge in [0.15, 0.2) is 11.5 Å². The Kier molecular flexibility index (Phi) is 9.37. The van der Waals surface area contributed by atoms with Gasteiger partial charge < -0.3 is 24.4 Å². The van der Waals surface area contributed by atoms with Crippen molar-refractivity contribution in [1.29, 1.82) is 0 Å². The lowest BCUT2D eigenvalue weighted by molar-refractivity contribution is -0.138. The van der Waals surface area contributed by atoms with Crippen LogP contribution in [-0.2, 0) is 16.1 Å². The van der Waals surface area contributed by atoms with Crippen LogP contribution in [0.4, 0.5) is 0 Å². The molecule has 1 atom stereocenters. The Balaban J connectivity index is 1.67. The monoisotopic (exact) mass is 483 g/mol. The number of piperazine rings is 1. The summed E-state index contributed by atoms with van der Waals surface area (Å²) in [7, 11) is 4.81. The Morgan fingerprint density at radius 2 is 1.54 bits per heavy atom. The third kappa shape index (κ3) is 6.66. The first-order chi connectivity index (χ1) is 16.9. The van der Waals surface area contributed by atoms with E-state index in [1.807, 2.05) is 61.2 Å². The minimum Gasteiger partial charge on any atom is -0.493 e. The minimum atomic E-state index is -0.681. The summed E-state index contributed by atoms with van der Waals surface area (Å²) in [5, 5.41) is 2.97. The van der Waals surface area contributed by atoms with E-state index in [9.17, 15) is 9.59 Å². The Labute approximate surface area is 208 Å². The molecule has 0 spiro atoms. The summed E-state index contributed by atoms with van der Waals surface area (Å²) in [4.78, 5) is 30.1. The van der Waals surface area contributed by atoms with Crippen LogP contribution in [-0.4, -0.2) is 69.1 Å². The topological polar surface area (TPSA) is 80.3 Å². The van der Waals surface area contributed by atoms with Crippen molar-refractivity contribution in [3.8, 4) is 17.2 Å². The summed E-state index contributed by atoms with van der Waals surface area (Å²) >= 11 is 0. The molecule has 1 N–H and O–H groups in total. The molecular formula is C27H37N3O5. The highest BCUT2D eigenvalue weighted by Gasteiger charge is 2.30. The van der Waals surface area contributed by atoms with Crippen molar-refractivity contribution in [2.45, 2.75) is 32.9 Å². The molecule has 0 saturated carbocycles. The zero-order chi connectivity index (χ0) is 25.4. The molecule has 1 aliphatic heterocycles. The van der Waals surface area contributed by atoms with E-state index >= 15 is 0 Å². The molecular weight excluding hydrogens is 446 g/mol. The summed E-state index contributed by atoms with van der Waals surface area (Å²) in [6.45, 7) is 7.24. The number of nitrogens with one attached hydrogen (secondary N) is 1. The molecule has 2 aromatic rings.